The minimum Gasteiger partial charge on any atom is -0.467 e. The number of nitrogens with two attached hydrogens (primary N) is 1. The maximum absolute atomic E-state index is 12.2. The van der Waals surface area contributed by atoms with Gasteiger partial charge in [-0.2, -0.15) is 0 Å². The van der Waals surface area contributed by atoms with Crippen molar-refractivity contribution >= 4 is 22.6 Å². The van der Waals surface area contributed by atoms with Gasteiger partial charge in [-0.05, 0) is 37.1 Å². The number of aromatic nitrogens is 2. The summed E-state index contributed by atoms with van der Waals surface area (Å²) in [5.41, 5.74) is 8.54. The smallest absolute Gasteiger partial charge is 0.258 e. The Bertz CT molecular complexity index is 860. The largest absolute Gasteiger partial charge is 0.467 e. The Morgan fingerprint density at radius 1 is 1.39 bits per heavy atom. The van der Waals surface area contributed by atoms with Gasteiger partial charge in [0.25, 0.3) is 5.91 Å². The van der Waals surface area contributed by atoms with Crippen molar-refractivity contribution < 1.29 is 9.21 Å². The van der Waals surface area contributed by atoms with E-state index in [0.29, 0.717) is 17.2 Å². The van der Waals surface area contributed by atoms with Crippen molar-refractivity contribution in [1.82, 2.24) is 9.97 Å². The van der Waals surface area contributed by atoms with E-state index in [0.717, 1.165) is 22.5 Å². The molecule has 0 aliphatic heterocycles. The van der Waals surface area contributed by atoms with Crippen molar-refractivity contribution in [2.24, 2.45) is 5.73 Å². The van der Waals surface area contributed by atoms with Gasteiger partial charge in [-0.15, -0.1) is 0 Å². The second-order valence-electron chi connectivity index (χ2n) is 5.94. The molecule has 3 aromatic rings. The summed E-state index contributed by atoms with van der Waals surface area (Å²) in [4.78, 5) is 20.2. The quantitative estimate of drug-likeness (QED) is 0.689. The number of benzene rings is 1. The number of hydrogen-bond acceptors (Lipinski definition) is 4. The first kappa shape index (κ1) is 14.0. The number of amides is 1. The fraction of sp³-hybridized carbons (Fsp3) is 0.294. The Hall–Kier alpha value is -2.60. The van der Waals surface area contributed by atoms with Crippen molar-refractivity contribution in [2.75, 3.05) is 5.32 Å². The molecule has 4 rings (SSSR count). The van der Waals surface area contributed by atoms with Gasteiger partial charge in [0.05, 0.1) is 23.1 Å². The van der Waals surface area contributed by atoms with E-state index in [2.05, 4.69) is 15.3 Å². The topological polar surface area (TPSA) is 96.9 Å². The number of nitrogens with zero attached hydrogens (tertiary/aromatic N) is 1. The van der Waals surface area contributed by atoms with Gasteiger partial charge in [0.15, 0.2) is 0 Å². The van der Waals surface area contributed by atoms with E-state index in [1.54, 1.807) is 6.07 Å². The summed E-state index contributed by atoms with van der Waals surface area (Å²) in [5, 5.41) is 2.87. The maximum atomic E-state index is 12.2. The summed E-state index contributed by atoms with van der Waals surface area (Å²) < 4.78 is 5.19. The molecule has 0 radical (unpaired) electrons. The third-order valence-electron chi connectivity index (χ3n) is 4.37. The van der Waals surface area contributed by atoms with Crippen LogP contribution in [0.5, 0.6) is 0 Å². The molecule has 118 valence electrons. The fourth-order valence-corrected chi connectivity index (χ4v) is 2.79. The molecule has 6 nitrogen and oxygen atoms in total. The summed E-state index contributed by atoms with van der Waals surface area (Å²) in [6.07, 6.45) is 5.10. The highest BCUT2D eigenvalue weighted by Gasteiger charge is 2.22. The van der Waals surface area contributed by atoms with Crippen LogP contribution in [0.2, 0.25) is 0 Å². The molecular formula is C17H18N4O2. The zero-order valence-corrected chi connectivity index (χ0v) is 12.6. The first-order valence-electron chi connectivity index (χ1n) is 7.81. The zero-order valence-electron chi connectivity index (χ0n) is 12.6. The van der Waals surface area contributed by atoms with Gasteiger partial charge < -0.3 is 20.5 Å². The van der Waals surface area contributed by atoms with Gasteiger partial charge in [-0.25, -0.2) is 4.98 Å². The number of nitrogens with one attached hydrogen (secondary N) is 2. The number of carbonyl (C=O) groups excluding carboxylic acids is 1. The molecule has 0 atom stereocenters. The van der Waals surface area contributed by atoms with Crippen LogP contribution in [0.1, 0.15) is 47.1 Å². The summed E-state index contributed by atoms with van der Waals surface area (Å²) in [5.74, 6) is 1.98. The first-order chi connectivity index (χ1) is 11.2. The summed E-state index contributed by atoms with van der Waals surface area (Å²) >= 11 is 0. The minimum atomic E-state index is -0.216. The van der Waals surface area contributed by atoms with Crippen molar-refractivity contribution in [3.63, 3.8) is 0 Å². The minimum absolute atomic E-state index is 0.216. The van der Waals surface area contributed by atoms with E-state index in [-0.39, 0.29) is 12.5 Å². The van der Waals surface area contributed by atoms with Gasteiger partial charge in [-0.3, -0.25) is 4.79 Å². The molecule has 0 bridgehead atoms. The molecule has 4 N–H and O–H groups in total. The van der Waals surface area contributed by atoms with E-state index in [1.165, 1.54) is 25.5 Å². The van der Waals surface area contributed by atoms with Gasteiger partial charge in [0.1, 0.15) is 17.8 Å². The average Bonchev–Trinajstić information content (AvgIpc) is 3.11. The third kappa shape index (κ3) is 2.61. The van der Waals surface area contributed by atoms with Gasteiger partial charge >= 0.3 is 0 Å². The van der Waals surface area contributed by atoms with Crippen molar-refractivity contribution in [1.29, 1.82) is 0 Å². The van der Waals surface area contributed by atoms with Crippen LogP contribution in [0.15, 0.2) is 34.9 Å². The van der Waals surface area contributed by atoms with E-state index >= 15 is 0 Å². The molecule has 1 fully saturated rings. The summed E-state index contributed by atoms with van der Waals surface area (Å²) in [7, 11) is 0. The van der Waals surface area contributed by atoms with E-state index in [1.807, 2.05) is 18.2 Å². The van der Waals surface area contributed by atoms with Crippen LogP contribution in [-0.4, -0.2) is 15.9 Å². The molecule has 23 heavy (non-hydrogen) atoms. The second-order valence-corrected chi connectivity index (χ2v) is 5.94. The van der Waals surface area contributed by atoms with E-state index < -0.39 is 0 Å². The lowest BCUT2D eigenvalue weighted by Crippen LogP contribution is -2.10. The molecule has 1 aliphatic rings. The van der Waals surface area contributed by atoms with E-state index in [9.17, 15) is 4.79 Å². The molecule has 1 aliphatic carbocycles. The molecule has 6 heteroatoms. The van der Waals surface area contributed by atoms with Crippen LogP contribution in [0.3, 0.4) is 0 Å². The number of furan rings is 1. The fourth-order valence-electron chi connectivity index (χ4n) is 2.79. The third-order valence-corrected chi connectivity index (χ3v) is 4.37. The summed E-state index contributed by atoms with van der Waals surface area (Å²) in [6.45, 7) is 0.275. The Kier molecular flexibility index (Phi) is 3.38. The van der Waals surface area contributed by atoms with Crippen molar-refractivity contribution in [3.05, 3.63) is 47.7 Å². The van der Waals surface area contributed by atoms with Crippen molar-refractivity contribution in [3.8, 4) is 0 Å². The molecule has 2 heterocycles. The van der Waals surface area contributed by atoms with Crippen LogP contribution in [0.4, 0.5) is 5.69 Å². The number of imidazole rings is 1. The number of H-pyrrole nitrogens is 1. The maximum Gasteiger partial charge on any atom is 0.258 e. The zero-order chi connectivity index (χ0) is 15.8. The van der Waals surface area contributed by atoms with Crippen LogP contribution in [0, 0.1) is 0 Å². The molecular weight excluding hydrogens is 292 g/mol. The molecule has 0 spiro atoms. The molecule has 1 amide bonds. The lowest BCUT2D eigenvalue weighted by molar-refractivity contribution is 0.102. The number of carbonyl (C=O) groups is 1. The van der Waals surface area contributed by atoms with Crippen molar-refractivity contribution in [2.45, 2.75) is 31.7 Å². The normalized spacial score (nSPS) is 14.8. The van der Waals surface area contributed by atoms with Crippen LogP contribution < -0.4 is 11.1 Å². The van der Waals surface area contributed by atoms with E-state index in [4.69, 9.17) is 10.2 Å². The summed E-state index contributed by atoms with van der Waals surface area (Å²) in [6, 6.07) is 7.34. The Balaban J connectivity index is 1.55. The Labute approximate surface area is 133 Å². The van der Waals surface area contributed by atoms with Gasteiger partial charge in [-0.1, -0.05) is 6.42 Å². The lowest BCUT2D eigenvalue weighted by atomic mass is 9.85. The van der Waals surface area contributed by atoms with Crippen LogP contribution >= 0.6 is 0 Å². The highest BCUT2D eigenvalue weighted by atomic mass is 16.3. The molecule has 1 saturated carbocycles. The van der Waals surface area contributed by atoms with Crippen LogP contribution in [0.25, 0.3) is 11.0 Å². The predicted octanol–water partition coefficient (Wildman–Crippen LogP) is 3.13. The lowest BCUT2D eigenvalue weighted by Gasteiger charge is -2.22. The molecule has 1 aromatic carbocycles. The predicted molar refractivity (Wildman–Crippen MR) is 87.2 cm³/mol. The highest BCUT2D eigenvalue weighted by Crippen LogP contribution is 2.35. The molecule has 2 aromatic heterocycles. The number of fused-ring (bicyclic) bond motifs is 1. The average molecular weight is 310 g/mol. The second kappa shape index (κ2) is 5.55. The Morgan fingerprint density at radius 2 is 2.26 bits per heavy atom. The number of rotatable bonds is 4. The highest BCUT2D eigenvalue weighted by molar-refractivity contribution is 6.04. The number of aromatic amines is 1. The van der Waals surface area contributed by atoms with Gasteiger partial charge in [0, 0.05) is 11.6 Å². The molecule has 0 unspecified atom stereocenters. The van der Waals surface area contributed by atoms with Gasteiger partial charge in [0.2, 0.25) is 0 Å². The molecule has 0 saturated heterocycles. The number of hydrogen-bond donors (Lipinski definition) is 3. The first-order valence-corrected chi connectivity index (χ1v) is 7.81. The monoisotopic (exact) mass is 310 g/mol. The SMILES string of the molecule is NCc1cc(C(=O)Nc2ccc3nc(C4CCC4)[nH]c3c2)co1. The Morgan fingerprint density at radius 3 is 2.96 bits per heavy atom. The van der Waals surface area contributed by atoms with Crippen LogP contribution in [-0.2, 0) is 6.54 Å². The standard InChI is InChI=1S/C17H18N4O2/c18-8-13-6-11(9-23-13)17(22)19-12-4-5-14-15(7-12)21-16(20-14)10-2-1-3-10/h4-7,9-10H,1-3,8,18H2,(H,19,22)(H,20,21). The number of anilines is 1.